The summed E-state index contributed by atoms with van der Waals surface area (Å²) in [5.41, 5.74) is -0.253. The van der Waals surface area contributed by atoms with Gasteiger partial charge in [0.05, 0.1) is 18.9 Å². The lowest BCUT2D eigenvalue weighted by molar-refractivity contribution is -0.0975. The van der Waals surface area contributed by atoms with Gasteiger partial charge in [-0.05, 0) is 32.1 Å². The molecule has 270 valence electrons. The van der Waals surface area contributed by atoms with Crippen LogP contribution < -0.4 is 21.6 Å². The largest absolute Gasteiger partial charge is 0.405 e. The lowest BCUT2D eigenvalue weighted by Gasteiger charge is -2.44. The smallest absolute Gasteiger partial charge is 0.330 e. The summed E-state index contributed by atoms with van der Waals surface area (Å²) < 4.78 is 37.5. The van der Waals surface area contributed by atoms with Gasteiger partial charge in [-0.25, -0.2) is 4.79 Å². The van der Waals surface area contributed by atoms with Crippen molar-refractivity contribution in [3.8, 4) is 0 Å². The first kappa shape index (κ1) is 36.2. The molecule has 9 heteroatoms. The molecule has 1 saturated heterocycles. The molecule has 7 rings (SSSR count). The second-order valence-corrected chi connectivity index (χ2v) is 18.7. The Bertz CT molecular complexity index is 2090. The van der Waals surface area contributed by atoms with Gasteiger partial charge in [0.15, 0.2) is 0 Å². The van der Waals surface area contributed by atoms with Crippen LogP contribution in [0.15, 0.2) is 167 Å². The first-order valence-electron chi connectivity index (χ1n) is 17.9. The molecule has 1 aromatic heterocycles. The van der Waals surface area contributed by atoms with E-state index in [-0.39, 0.29) is 18.1 Å². The molecule has 0 aliphatic carbocycles. The molecule has 1 aliphatic heterocycles. The molecule has 0 spiro atoms. The van der Waals surface area contributed by atoms with Gasteiger partial charge in [0.25, 0.3) is 13.9 Å². The van der Waals surface area contributed by atoms with Gasteiger partial charge in [-0.2, -0.15) is 4.39 Å². The minimum Gasteiger partial charge on any atom is -0.405 e. The van der Waals surface area contributed by atoms with Crippen LogP contribution in [0.5, 0.6) is 0 Å². The summed E-state index contributed by atoms with van der Waals surface area (Å²) in [5.74, 6) is -1.08. The van der Waals surface area contributed by atoms with E-state index >= 15 is 0 Å². The Hall–Kier alpha value is -5.19. The Labute approximate surface area is 309 Å². The Morgan fingerprint density at radius 2 is 1.15 bits per heavy atom. The van der Waals surface area contributed by atoms with Gasteiger partial charge in [0.1, 0.15) is 17.9 Å². The second-order valence-electron chi connectivity index (χ2n) is 14.4. The number of rotatable bonds is 11. The summed E-state index contributed by atoms with van der Waals surface area (Å²) in [4.78, 5) is 27.3. The molecule has 0 unspecified atom stereocenters. The van der Waals surface area contributed by atoms with Crippen LogP contribution >= 0.6 is 0 Å². The Balaban J connectivity index is 1.38. The number of H-pyrrole nitrogens is 1. The van der Waals surface area contributed by atoms with Crippen LogP contribution in [0, 0.1) is 5.82 Å². The van der Waals surface area contributed by atoms with Crippen LogP contribution in [0.4, 0.5) is 4.39 Å². The maximum atomic E-state index is 14.7. The SMILES string of the molecule is CC(C)(C)[Si](OC[C@H]1O[C@@H](n2cc(F)c(=O)[nH]c2=O)C[C@@H]1OC(c1ccccc1)(c1ccccc1)c1ccccc1)(c1ccccc1)c1ccccc1. The highest BCUT2D eigenvalue weighted by Crippen LogP contribution is 2.45. The molecule has 5 aromatic carbocycles. The van der Waals surface area contributed by atoms with Crippen molar-refractivity contribution in [3.63, 3.8) is 0 Å². The highest BCUT2D eigenvalue weighted by atomic mass is 28.4. The number of ether oxygens (including phenoxy) is 2. The number of hydrogen-bond acceptors (Lipinski definition) is 5. The van der Waals surface area contributed by atoms with Crippen LogP contribution in [-0.4, -0.2) is 36.7 Å². The van der Waals surface area contributed by atoms with E-state index in [0.717, 1.165) is 37.8 Å². The van der Waals surface area contributed by atoms with E-state index < -0.39 is 49.4 Å². The zero-order valence-electron chi connectivity index (χ0n) is 30.0. The highest BCUT2D eigenvalue weighted by Gasteiger charge is 2.52. The van der Waals surface area contributed by atoms with E-state index in [1.807, 2.05) is 127 Å². The molecular formula is C44H43FN2O5Si. The number of halogens is 1. The molecule has 1 N–H and O–H groups in total. The van der Waals surface area contributed by atoms with E-state index in [1.54, 1.807) is 0 Å². The Morgan fingerprint density at radius 3 is 1.58 bits per heavy atom. The number of hydrogen-bond donors (Lipinski definition) is 1. The first-order chi connectivity index (χ1) is 25.6. The number of aromatic nitrogens is 2. The molecule has 1 aliphatic rings. The zero-order valence-corrected chi connectivity index (χ0v) is 31.0. The molecule has 7 nitrogen and oxygen atoms in total. The van der Waals surface area contributed by atoms with E-state index in [2.05, 4.69) is 50.0 Å². The summed E-state index contributed by atoms with van der Waals surface area (Å²) >= 11 is 0. The van der Waals surface area contributed by atoms with Crippen molar-refractivity contribution in [2.24, 2.45) is 0 Å². The molecule has 0 saturated carbocycles. The first-order valence-corrected chi connectivity index (χ1v) is 19.8. The van der Waals surface area contributed by atoms with Gasteiger partial charge >= 0.3 is 5.69 Å². The predicted octanol–water partition coefficient (Wildman–Crippen LogP) is 6.92. The summed E-state index contributed by atoms with van der Waals surface area (Å²) in [6.07, 6.45) is -1.24. The molecule has 0 amide bonds. The average Bonchev–Trinajstić information content (AvgIpc) is 3.58. The van der Waals surface area contributed by atoms with Crippen LogP contribution in [0.1, 0.15) is 50.1 Å². The van der Waals surface area contributed by atoms with Crippen LogP contribution in [0.3, 0.4) is 0 Å². The summed E-state index contributed by atoms with van der Waals surface area (Å²) in [5, 5.41) is 1.90. The second kappa shape index (κ2) is 15.0. The monoisotopic (exact) mass is 726 g/mol. The minimum absolute atomic E-state index is 0.115. The van der Waals surface area contributed by atoms with E-state index in [1.165, 1.54) is 0 Å². The van der Waals surface area contributed by atoms with Gasteiger partial charge in [-0.15, -0.1) is 0 Å². The minimum atomic E-state index is -3.04. The van der Waals surface area contributed by atoms with E-state index in [9.17, 15) is 14.0 Å². The number of aromatic amines is 1. The van der Waals surface area contributed by atoms with E-state index in [0.29, 0.717) is 0 Å². The predicted molar refractivity (Wildman–Crippen MR) is 207 cm³/mol. The molecule has 0 bridgehead atoms. The summed E-state index contributed by atoms with van der Waals surface area (Å²) in [6, 6.07) is 50.8. The van der Waals surface area contributed by atoms with E-state index in [4.69, 9.17) is 13.9 Å². The summed E-state index contributed by atoms with van der Waals surface area (Å²) in [6.45, 7) is 6.74. The molecule has 53 heavy (non-hydrogen) atoms. The molecule has 1 fully saturated rings. The van der Waals surface area contributed by atoms with Gasteiger partial charge in [0, 0.05) is 6.42 Å². The third kappa shape index (κ3) is 6.89. The van der Waals surface area contributed by atoms with Crippen molar-refractivity contribution >= 4 is 18.7 Å². The number of nitrogens with zero attached hydrogens (tertiary/aromatic N) is 1. The van der Waals surface area contributed by atoms with Crippen molar-refractivity contribution in [1.29, 1.82) is 0 Å². The van der Waals surface area contributed by atoms with Crippen LogP contribution in [0.25, 0.3) is 0 Å². The average molecular weight is 727 g/mol. The van der Waals surface area contributed by atoms with Crippen LogP contribution in [0.2, 0.25) is 5.04 Å². The Kier molecular flexibility index (Phi) is 10.3. The number of nitrogens with one attached hydrogen (secondary N) is 1. The van der Waals surface area contributed by atoms with Crippen LogP contribution in [-0.2, 0) is 19.5 Å². The van der Waals surface area contributed by atoms with Gasteiger partial charge in [-0.3, -0.25) is 14.3 Å². The topological polar surface area (TPSA) is 82.5 Å². The van der Waals surface area contributed by atoms with Crippen molar-refractivity contribution in [3.05, 3.63) is 201 Å². The molecular weight excluding hydrogens is 684 g/mol. The zero-order chi connectivity index (χ0) is 37.1. The Morgan fingerprint density at radius 1 is 0.717 bits per heavy atom. The van der Waals surface area contributed by atoms with Gasteiger partial charge < -0.3 is 13.9 Å². The fourth-order valence-corrected chi connectivity index (χ4v) is 12.3. The van der Waals surface area contributed by atoms with Crippen molar-refractivity contribution in [2.75, 3.05) is 6.61 Å². The molecule has 2 heterocycles. The molecule has 6 aromatic rings. The fourth-order valence-electron chi connectivity index (χ4n) is 7.74. The lowest BCUT2D eigenvalue weighted by Crippen LogP contribution is -2.67. The van der Waals surface area contributed by atoms with Gasteiger partial charge in [-0.1, -0.05) is 172 Å². The highest BCUT2D eigenvalue weighted by molar-refractivity contribution is 6.99. The van der Waals surface area contributed by atoms with Gasteiger partial charge in [0.2, 0.25) is 5.82 Å². The normalized spacial score (nSPS) is 17.8. The number of benzene rings is 5. The van der Waals surface area contributed by atoms with Crippen molar-refractivity contribution in [2.45, 2.75) is 56.3 Å². The fraction of sp³-hybridized carbons (Fsp3) is 0.227. The van der Waals surface area contributed by atoms with Crippen molar-refractivity contribution in [1.82, 2.24) is 9.55 Å². The summed E-state index contributed by atoms with van der Waals surface area (Å²) in [7, 11) is -3.04. The lowest BCUT2D eigenvalue weighted by atomic mass is 9.79. The standard InChI is InChI=1S/C44H43FN2O5Si/c1-43(2,3)53(35-25-15-7-16-26-35,36-27-17-8-18-28-36)50-31-39-38(29-40(51-39)47-30-37(45)41(48)46-42(47)49)52-44(32-19-9-4-10-20-32,33-21-11-5-12-22-33)34-23-13-6-14-24-34/h4-28,30,38-40H,29,31H2,1-3H3,(H,46,48,49)/t38-,39+,40+/m0/s1. The third-order valence-electron chi connectivity index (χ3n) is 10.2. The quantitative estimate of drug-likeness (QED) is 0.116. The van der Waals surface area contributed by atoms with Crippen molar-refractivity contribution < 1.29 is 18.3 Å². The molecule has 3 atom stereocenters. The maximum absolute atomic E-state index is 14.7. The third-order valence-corrected chi connectivity index (χ3v) is 15.2. The molecule has 0 radical (unpaired) electrons. The maximum Gasteiger partial charge on any atom is 0.330 e.